The van der Waals surface area contributed by atoms with E-state index >= 15 is 0 Å². The lowest BCUT2D eigenvalue weighted by atomic mass is 10.1. The number of aromatic amines is 1. The number of H-pyrrole nitrogens is 1. The predicted molar refractivity (Wildman–Crippen MR) is 105 cm³/mol. The predicted octanol–water partition coefficient (Wildman–Crippen LogP) is 2.14. The summed E-state index contributed by atoms with van der Waals surface area (Å²) in [6.07, 6.45) is 1.84. The van der Waals surface area contributed by atoms with Gasteiger partial charge in [0.1, 0.15) is 0 Å². The molecule has 29 heavy (non-hydrogen) atoms. The van der Waals surface area contributed by atoms with E-state index in [-0.39, 0.29) is 40.4 Å². The maximum atomic E-state index is 13.0. The Balaban J connectivity index is 1.87. The summed E-state index contributed by atoms with van der Waals surface area (Å²) in [4.78, 5) is 54.8. The number of nitro benzene ring substituents is 1. The molecule has 1 saturated carbocycles. The average Bonchev–Trinajstić information content (AvgIpc) is 3.52. The van der Waals surface area contributed by atoms with Crippen LogP contribution in [0.15, 0.2) is 39.9 Å². The van der Waals surface area contributed by atoms with Crippen LogP contribution >= 0.6 is 0 Å². The third-order valence-corrected chi connectivity index (χ3v) is 4.84. The quantitative estimate of drug-likeness (QED) is 0.501. The van der Waals surface area contributed by atoms with Gasteiger partial charge in [-0.05, 0) is 31.9 Å². The lowest BCUT2D eigenvalue weighted by Gasteiger charge is -2.12. The SMILES string of the molecule is CCn1c(=O)[nH]c(=O)c2c(C(=O)Nc3cccc([N+](=O)[O-])c3)cc(C3CC3)nc21. The van der Waals surface area contributed by atoms with Crippen LogP contribution in [-0.4, -0.2) is 25.4 Å². The van der Waals surface area contributed by atoms with Crippen molar-refractivity contribution in [3.63, 3.8) is 0 Å². The maximum absolute atomic E-state index is 13.0. The Bertz CT molecular complexity index is 1270. The minimum atomic E-state index is -0.700. The van der Waals surface area contributed by atoms with Gasteiger partial charge >= 0.3 is 5.69 Å². The number of nitro groups is 1. The average molecular weight is 395 g/mol. The van der Waals surface area contributed by atoms with Crippen molar-refractivity contribution in [1.82, 2.24) is 14.5 Å². The summed E-state index contributed by atoms with van der Waals surface area (Å²) in [5, 5.41) is 13.6. The van der Waals surface area contributed by atoms with E-state index in [0.717, 1.165) is 12.8 Å². The molecule has 0 unspecified atom stereocenters. The van der Waals surface area contributed by atoms with Crippen molar-refractivity contribution in [2.75, 3.05) is 5.32 Å². The first-order valence-corrected chi connectivity index (χ1v) is 9.12. The molecule has 3 aromatic rings. The van der Waals surface area contributed by atoms with Crippen molar-refractivity contribution in [3.8, 4) is 0 Å². The van der Waals surface area contributed by atoms with Crippen LogP contribution < -0.4 is 16.6 Å². The minimum Gasteiger partial charge on any atom is -0.322 e. The fourth-order valence-electron chi connectivity index (χ4n) is 3.25. The lowest BCUT2D eigenvalue weighted by Crippen LogP contribution is -2.32. The second kappa shape index (κ2) is 6.97. The van der Waals surface area contributed by atoms with Gasteiger partial charge in [0.2, 0.25) is 0 Å². The number of amides is 1. The molecule has 1 fully saturated rings. The zero-order valence-electron chi connectivity index (χ0n) is 15.5. The summed E-state index contributed by atoms with van der Waals surface area (Å²) in [5.74, 6) is -0.421. The Kier molecular flexibility index (Phi) is 4.45. The van der Waals surface area contributed by atoms with Crippen molar-refractivity contribution in [3.05, 3.63) is 72.5 Å². The summed E-state index contributed by atoms with van der Waals surface area (Å²) in [7, 11) is 0. The smallest absolute Gasteiger partial charge is 0.322 e. The first kappa shape index (κ1) is 18.5. The van der Waals surface area contributed by atoms with Gasteiger partial charge < -0.3 is 5.32 Å². The fraction of sp³-hybridized carbons (Fsp3) is 0.263. The molecule has 2 N–H and O–H groups in total. The van der Waals surface area contributed by atoms with Gasteiger partial charge in [0.25, 0.3) is 17.2 Å². The number of nitrogens with zero attached hydrogens (tertiary/aromatic N) is 3. The molecule has 0 atom stereocenters. The number of pyridine rings is 1. The summed E-state index contributed by atoms with van der Waals surface area (Å²) < 4.78 is 1.31. The summed E-state index contributed by atoms with van der Waals surface area (Å²) in [6.45, 7) is 2.02. The zero-order chi connectivity index (χ0) is 20.7. The van der Waals surface area contributed by atoms with Gasteiger partial charge in [0.05, 0.1) is 15.9 Å². The molecule has 148 valence electrons. The number of rotatable bonds is 5. The number of fused-ring (bicyclic) bond motifs is 1. The van der Waals surface area contributed by atoms with Crippen LogP contribution in [0.1, 0.15) is 41.7 Å². The molecule has 1 aliphatic carbocycles. The molecule has 10 nitrogen and oxygen atoms in total. The topological polar surface area (TPSA) is 140 Å². The number of benzene rings is 1. The van der Waals surface area contributed by atoms with E-state index in [0.29, 0.717) is 5.69 Å². The molecule has 0 radical (unpaired) electrons. The van der Waals surface area contributed by atoms with Gasteiger partial charge in [-0.25, -0.2) is 9.78 Å². The van der Waals surface area contributed by atoms with Crippen molar-refractivity contribution in [2.24, 2.45) is 0 Å². The Morgan fingerprint density at radius 2 is 2.10 bits per heavy atom. The van der Waals surface area contributed by atoms with Crippen molar-refractivity contribution in [2.45, 2.75) is 32.2 Å². The molecule has 10 heteroatoms. The van der Waals surface area contributed by atoms with E-state index in [9.17, 15) is 24.5 Å². The van der Waals surface area contributed by atoms with Crippen molar-refractivity contribution in [1.29, 1.82) is 0 Å². The third-order valence-electron chi connectivity index (χ3n) is 4.84. The summed E-state index contributed by atoms with van der Waals surface area (Å²) >= 11 is 0. The molecule has 4 rings (SSSR count). The van der Waals surface area contributed by atoms with E-state index in [4.69, 9.17) is 0 Å². The van der Waals surface area contributed by atoms with Gasteiger partial charge in [0.15, 0.2) is 5.65 Å². The summed E-state index contributed by atoms with van der Waals surface area (Å²) in [6, 6.07) is 7.08. The maximum Gasteiger partial charge on any atom is 0.329 e. The Morgan fingerprint density at radius 3 is 2.76 bits per heavy atom. The van der Waals surface area contributed by atoms with Gasteiger partial charge in [-0.15, -0.1) is 0 Å². The van der Waals surface area contributed by atoms with Crippen LogP contribution in [0.5, 0.6) is 0 Å². The van der Waals surface area contributed by atoms with Crippen LogP contribution in [0.2, 0.25) is 0 Å². The minimum absolute atomic E-state index is 0.0128. The Hall–Kier alpha value is -3.82. The number of hydrogen-bond acceptors (Lipinski definition) is 6. The highest BCUT2D eigenvalue weighted by atomic mass is 16.6. The molecule has 0 bridgehead atoms. The van der Waals surface area contributed by atoms with Gasteiger partial charge in [-0.2, -0.15) is 0 Å². The molecule has 0 aliphatic heterocycles. The number of aryl methyl sites for hydroxylation is 1. The second-order valence-electron chi connectivity index (χ2n) is 6.83. The second-order valence-corrected chi connectivity index (χ2v) is 6.83. The largest absolute Gasteiger partial charge is 0.329 e. The number of aromatic nitrogens is 3. The fourth-order valence-corrected chi connectivity index (χ4v) is 3.25. The molecular weight excluding hydrogens is 378 g/mol. The van der Waals surface area contributed by atoms with Gasteiger partial charge in [-0.3, -0.25) is 29.3 Å². The third kappa shape index (κ3) is 3.40. The van der Waals surface area contributed by atoms with E-state index in [1.54, 1.807) is 13.0 Å². The van der Waals surface area contributed by atoms with Crippen LogP contribution in [0.4, 0.5) is 11.4 Å². The first-order chi connectivity index (χ1) is 13.9. The van der Waals surface area contributed by atoms with Gasteiger partial charge in [0, 0.05) is 36.0 Å². The first-order valence-electron chi connectivity index (χ1n) is 9.12. The highest BCUT2D eigenvalue weighted by molar-refractivity contribution is 6.12. The molecule has 0 spiro atoms. The number of anilines is 1. The molecular formula is C19H17N5O5. The van der Waals surface area contributed by atoms with Crippen LogP contribution in [0.25, 0.3) is 11.0 Å². The molecule has 2 heterocycles. The molecule has 2 aromatic heterocycles. The van der Waals surface area contributed by atoms with Gasteiger partial charge in [-0.1, -0.05) is 6.07 Å². The number of carbonyl (C=O) groups excluding carboxylic acids is 1. The number of non-ortho nitro benzene ring substituents is 1. The van der Waals surface area contributed by atoms with Crippen LogP contribution in [-0.2, 0) is 6.54 Å². The normalized spacial score (nSPS) is 13.4. The molecule has 1 aliphatic rings. The number of hydrogen-bond donors (Lipinski definition) is 2. The number of nitrogens with one attached hydrogen (secondary N) is 2. The van der Waals surface area contributed by atoms with Crippen LogP contribution in [0.3, 0.4) is 0 Å². The molecule has 0 saturated heterocycles. The Labute approximate surface area is 163 Å². The molecule has 1 amide bonds. The van der Waals surface area contributed by atoms with E-state index in [1.807, 2.05) is 0 Å². The standard InChI is InChI=1S/C19H17N5O5/c1-2-23-16-15(18(26)22-19(23)27)13(9-14(21-16)10-6-7-10)17(25)20-11-4-3-5-12(8-11)24(28)29/h3-5,8-10H,2,6-7H2,1H3,(H,20,25)(H,22,26,27). The van der Waals surface area contributed by atoms with E-state index in [1.165, 1.54) is 28.8 Å². The van der Waals surface area contributed by atoms with Crippen LogP contribution in [0, 0.1) is 10.1 Å². The summed E-state index contributed by atoms with van der Waals surface area (Å²) in [5.41, 5.74) is -0.346. The monoisotopic (exact) mass is 395 g/mol. The molecule has 1 aromatic carbocycles. The van der Waals surface area contributed by atoms with Crippen molar-refractivity contribution >= 4 is 28.3 Å². The van der Waals surface area contributed by atoms with Crippen molar-refractivity contribution < 1.29 is 9.72 Å². The Morgan fingerprint density at radius 1 is 1.34 bits per heavy atom. The lowest BCUT2D eigenvalue weighted by molar-refractivity contribution is -0.384. The number of carbonyl (C=O) groups is 1. The highest BCUT2D eigenvalue weighted by Gasteiger charge is 2.28. The van der Waals surface area contributed by atoms with E-state index < -0.39 is 22.1 Å². The van der Waals surface area contributed by atoms with E-state index in [2.05, 4.69) is 15.3 Å². The zero-order valence-corrected chi connectivity index (χ0v) is 15.5. The highest BCUT2D eigenvalue weighted by Crippen LogP contribution is 2.40.